The van der Waals surface area contributed by atoms with Gasteiger partial charge in [0.25, 0.3) is 5.91 Å². The van der Waals surface area contributed by atoms with Crippen LogP contribution in [0, 0.1) is 5.41 Å². The van der Waals surface area contributed by atoms with Crippen molar-refractivity contribution in [3.63, 3.8) is 0 Å². The number of amides is 2. The first-order chi connectivity index (χ1) is 12.5. The quantitative estimate of drug-likeness (QED) is 0.838. The van der Waals surface area contributed by atoms with Crippen molar-refractivity contribution in [3.8, 4) is 0 Å². The molecule has 0 saturated carbocycles. The maximum atomic E-state index is 12.5. The predicted molar refractivity (Wildman–Crippen MR) is 102 cm³/mol. The second kappa shape index (κ2) is 7.52. The van der Waals surface area contributed by atoms with E-state index in [4.69, 9.17) is 0 Å². The number of carbonyl (C=O) groups excluding carboxylic acids is 2. The molecule has 3 rings (SSSR count). The minimum Gasteiger partial charge on any atom is -0.337 e. The van der Waals surface area contributed by atoms with E-state index in [1.54, 1.807) is 24.1 Å². The molecule has 26 heavy (non-hydrogen) atoms. The number of hydrogen-bond donors (Lipinski definition) is 1. The highest BCUT2D eigenvalue weighted by molar-refractivity contribution is 5.97. The highest BCUT2D eigenvalue weighted by atomic mass is 16.2. The molecule has 0 bridgehead atoms. The van der Waals surface area contributed by atoms with Gasteiger partial charge in [0.2, 0.25) is 5.91 Å². The van der Waals surface area contributed by atoms with Crippen LogP contribution in [0.3, 0.4) is 0 Å². The van der Waals surface area contributed by atoms with Crippen molar-refractivity contribution in [1.29, 1.82) is 0 Å². The molecule has 1 heterocycles. The van der Waals surface area contributed by atoms with Crippen LogP contribution in [0.2, 0.25) is 0 Å². The number of hydrogen-bond acceptors (Lipinski definition) is 3. The summed E-state index contributed by atoms with van der Waals surface area (Å²) in [6.45, 7) is 2.45. The smallest absolute Gasteiger partial charge is 0.255 e. The number of aromatic nitrogens is 1. The van der Waals surface area contributed by atoms with Crippen molar-refractivity contribution < 1.29 is 9.59 Å². The maximum Gasteiger partial charge on any atom is 0.255 e. The standard InChI is InChI=1S/C21H23N3O2/c1-21(12-6-7-13-21)20(26)23-18-11-10-17(14-22-18)19(25)24(2)15-16-8-4-3-5-9-16/h3-6,8-12,14H,7,13,15H2,1-2H3,(H,22,23,26). The maximum absolute atomic E-state index is 12.5. The molecule has 2 aromatic rings. The molecule has 134 valence electrons. The van der Waals surface area contributed by atoms with Crippen molar-refractivity contribution in [2.75, 3.05) is 12.4 Å². The number of anilines is 1. The highest BCUT2D eigenvalue weighted by Gasteiger charge is 2.32. The summed E-state index contributed by atoms with van der Waals surface area (Å²) in [5.74, 6) is 0.280. The van der Waals surface area contributed by atoms with Crippen LogP contribution in [0.5, 0.6) is 0 Å². The van der Waals surface area contributed by atoms with Gasteiger partial charge in [-0.25, -0.2) is 4.98 Å². The lowest BCUT2D eigenvalue weighted by molar-refractivity contribution is -0.122. The summed E-state index contributed by atoms with van der Waals surface area (Å²) in [4.78, 5) is 30.8. The van der Waals surface area contributed by atoms with Gasteiger partial charge in [0.15, 0.2) is 0 Å². The molecule has 0 saturated heterocycles. The lowest BCUT2D eigenvalue weighted by atomic mass is 9.89. The van der Waals surface area contributed by atoms with Crippen molar-refractivity contribution >= 4 is 17.6 Å². The van der Waals surface area contributed by atoms with Crippen LogP contribution in [0.15, 0.2) is 60.8 Å². The lowest BCUT2D eigenvalue weighted by Gasteiger charge is -2.20. The lowest BCUT2D eigenvalue weighted by Crippen LogP contribution is -2.30. The molecule has 0 fully saturated rings. The van der Waals surface area contributed by atoms with E-state index in [2.05, 4.69) is 10.3 Å². The molecular formula is C21H23N3O2. The van der Waals surface area contributed by atoms with Crippen LogP contribution in [0.25, 0.3) is 0 Å². The number of nitrogens with one attached hydrogen (secondary N) is 1. The van der Waals surface area contributed by atoms with Crippen LogP contribution in [-0.4, -0.2) is 28.7 Å². The Balaban J connectivity index is 1.62. The number of nitrogens with zero attached hydrogens (tertiary/aromatic N) is 2. The largest absolute Gasteiger partial charge is 0.337 e. The molecule has 5 heteroatoms. The van der Waals surface area contributed by atoms with E-state index in [0.29, 0.717) is 17.9 Å². The average Bonchev–Trinajstić information content (AvgIpc) is 3.10. The first-order valence-corrected chi connectivity index (χ1v) is 8.72. The Kier molecular flexibility index (Phi) is 5.16. The van der Waals surface area contributed by atoms with Gasteiger partial charge in [0, 0.05) is 19.8 Å². The molecule has 0 radical (unpaired) electrons. The second-order valence-electron chi connectivity index (χ2n) is 6.89. The van der Waals surface area contributed by atoms with E-state index in [-0.39, 0.29) is 11.8 Å². The monoisotopic (exact) mass is 349 g/mol. The third-order valence-electron chi connectivity index (χ3n) is 4.70. The summed E-state index contributed by atoms with van der Waals surface area (Å²) in [5.41, 5.74) is 1.08. The Morgan fingerprint density at radius 1 is 1.19 bits per heavy atom. The van der Waals surface area contributed by atoms with Gasteiger partial charge >= 0.3 is 0 Å². The van der Waals surface area contributed by atoms with Gasteiger partial charge in [-0.3, -0.25) is 9.59 Å². The zero-order valence-electron chi connectivity index (χ0n) is 15.1. The van der Waals surface area contributed by atoms with Crippen LogP contribution in [-0.2, 0) is 11.3 Å². The molecule has 1 aromatic heterocycles. The highest BCUT2D eigenvalue weighted by Crippen LogP contribution is 2.32. The number of carbonyl (C=O) groups is 2. The Morgan fingerprint density at radius 2 is 1.96 bits per heavy atom. The Bertz CT molecular complexity index is 815. The van der Waals surface area contributed by atoms with Crippen molar-refractivity contribution in [2.45, 2.75) is 26.3 Å². The first kappa shape index (κ1) is 17.9. The van der Waals surface area contributed by atoms with Gasteiger partial charge in [0.05, 0.1) is 11.0 Å². The van der Waals surface area contributed by atoms with Crippen molar-refractivity contribution in [1.82, 2.24) is 9.88 Å². The van der Waals surface area contributed by atoms with Gasteiger partial charge in [-0.2, -0.15) is 0 Å². The van der Waals surface area contributed by atoms with Crippen LogP contribution in [0.1, 0.15) is 35.7 Å². The fourth-order valence-corrected chi connectivity index (χ4v) is 3.00. The van der Waals surface area contributed by atoms with E-state index in [1.807, 2.05) is 49.4 Å². The van der Waals surface area contributed by atoms with Gasteiger partial charge in [-0.15, -0.1) is 0 Å². The molecule has 1 atom stereocenters. The zero-order valence-corrected chi connectivity index (χ0v) is 15.1. The summed E-state index contributed by atoms with van der Waals surface area (Å²) in [7, 11) is 1.76. The van der Waals surface area contributed by atoms with Crippen LogP contribution < -0.4 is 5.32 Å². The molecule has 1 aliphatic carbocycles. The molecule has 1 unspecified atom stereocenters. The molecular weight excluding hydrogens is 326 g/mol. The van der Waals surface area contributed by atoms with Gasteiger partial charge in [0.1, 0.15) is 5.82 Å². The van der Waals surface area contributed by atoms with E-state index in [0.717, 1.165) is 18.4 Å². The fraction of sp³-hybridized carbons (Fsp3) is 0.286. The summed E-state index contributed by atoms with van der Waals surface area (Å²) < 4.78 is 0. The number of allylic oxidation sites excluding steroid dienone is 1. The van der Waals surface area contributed by atoms with E-state index in [9.17, 15) is 9.59 Å². The number of pyridine rings is 1. The molecule has 1 aliphatic rings. The summed E-state index contributed by atoms with van der Waals surface area (Å²) >= 11 is 0. The molecule has 2 amide bonds. The van der Waals surface area contributed by atoms with Gasteiger partial charge < -0.3 is 10.2 Å². The number of benzene rings is 1. The summed E-state index contributed by atoms with van der Waals surface area (Å²) in [5, 5.41) is 2.83. The van der Waals surface area contributed by atoms with Crippen LogP contribution in [0.4, 0.5) is 5.82 Å². The summed E-state index contributed by atoms with van der Waals surface area (Å²) in [6.07, 6.45) is 7.20. The normalized spacial score (nSPS) is 18.5. The Morgan fingerprint density at radius 3 is 2.58 bits per heavy atom. The van der Waals surface area contributed by atoms with Crippen molar-refractivity contribution in [2.24, 2.45) is 5.41 Å². The Labute approximate surface area is 153 Å². The molecule has 0 aliphatic heterocycles. The molecule has 1 aromatic carbocycles. The third-order valence-corrected chi connectivity index (χ3v) is 4.70. The topological polar surface area (TPSA) is 62.3 Å². The average molecular weight is 349 g/mol. The second-order valence-corrected chi connectivity index (χ2v) is 6.89. The Hall–Kier alpha value is -2.95. The van der Waals surface area contributed by atoms with Gasteiger partial charge in [-0.1, -0.05) is 42.5 Å². The molecule has 5 nitrogen and oxygen atoms in total. The van der Waals surface area contributed by atoms with Gasteiger partial charge in [-0.05, 0) is 37.5 Å². The zero-order chi connectivity index (χ0) is 18.6. The number of rotatable bonds is 5. The van der Waals surface area contributed by atoms with E-state index in [1.165, 1.54) is 6.20 Å². The minimum absolute atomic E-state index is 0.0703. The SMILES string of the molecule is CN(Cc1ccccc1)C(=O)c1ccc(NC(=O)C2(C)C=CCC2)nc1. The predicted octanol–water partition coefficient (Wildman–Crippen LogP) is 3.65. The first-order valence-electron chi connectivity index (χ1n) is 8.72. The van der Waals surface area contributed by atoms with Crippen molar-refractivity contribution in [3.05, 3.63) is 71.9 Å². The molecule has 1 N–H and O–H groups in total. The third kappa shape index (κ3) is 3.99. The summed E-state index contributed by atoms with van der Waals surface area (Å²) in [6, 6.07) is 13.2. The van der Waals surface area contributed by atoms with E-state index >= 15 is 0 Å². The minimum atomic E-state index is -0.480. The van der Waals surface area contributed by atoms with Crippen LogP contribution >= 0.6 is 0 Å². The molecule has 0 spiro atoms. The van der Waals surface area contributed by atoms with E-state index < -0.39 is 5.41 Å². The fourth-order valence-electron chi connectivity index (χ4n) is 3.00.